The van der Waals surface area contributed by atoms with E-state index in [4.69, 9.17) is 15.7 Å². The van der Waals surface area contributed by atoms with Crippen LogP contribution in [0.4, 0.5) is 5.95 Å². The Morgan fingerprint density at radius 1 is 1.11 bits per heavy atom. The maximum atomic E-state index is 8.41. The van der Waals surface area contributed by atoms with Gasteiger partial charge in [0.1, 0.15) is 5.75 Å². The molecule has 0 unspecified atom stereocenters. The van der Waals surface area contributed by atoms with Gasteiger partial charge >= 0.3 is 0 Å². The van der Waals surface area contributed by atoms with Crippen molar-refractivity contribution in [3.8, 4) is 5.75 Å². The molecule has 140 valence electrons. The van der Waals surface area contributed by atoms with Gasteiger partial charge in [-0.1, -0.05) is 42.6 Å². The summed E-state index contributed by atoms with van der Waals surface area (Å²) in [6.45, 7) is 0. The van der Waals surface area contributed by atoms with E-state index in [0.717, 1.165) is 23.9 Å². The molecular formula is C21H24N4O2. The van der Waals surface area contributed by atoms with Crippen LogP contribution < -0.4 is 10.5 Å². The van der Waals surface area contributed by atoms with Crippen LogP contribution in [0.1, 0.15) is 49.3 Å². The van der Waals surface area contributed by atoms with Gasteiger partial charge in [-0.3, -0.25) is 0 Å². The molecule has 4 rings (SSSR count). The SMILES string of the molecule is Nc1nc2ccc(Cc3ccc(OC=NO)cc3)cc2n1C1CCCCC1. The molecule has 0 spiro atoms. The van der Waals surface area contributed by atoms with Crippen molar-refractivity contribution in [3.05, 3.63) is 53.6 Å². The van der Waals surface area contributed by atoms with Crippen molar-refractivity contribution in [2.24, 2.45) is 5.16 Å². The van der Waals surface area contributed by atoms with Gasteiger partial charge in [-0.2, -0.15) is 0 Å². The third-order valence-electron chi connectivity index (χ3n) is 5.29. The summed E-state index contributed by atoms with van der Waals surface area (Å²) in [5, 5.41) is 11.2. The number of nitrogens with zero attached hydrogens (tertiary/aromatic N) is 3. The summed E-state index contributed by atoms with van der Waals surface area (Å²) in [7, 11) is 0. The zero-order valence-electron chi connectivity index (χ0n) is 15.2. The van der Waals surface area contributed by atoms with E-state index in [1.165, 1.54) is 43.2 Å². The summed E-state index contributed by atoms with van der Waals surface area (Å²) in [5.74, 6) is 1.26. The Balaban J connectivity index is 1.59. The fraction of sp³-hybridized carbons (Fsp3) is 0.333. The van der Waals surface area contributed by atoms with Crippen LogP contribution in [0.2, 0.25) is 0 Å². The highest BCUT2D eigenvalue weighted by Gasteiger charge is 2.20. The average Bonchev–Trinajstić information content (AvgIpc) is 3.03. The Labute approximate surface area is 158 Å². The maximum absolute atomic E-state index is 8.41. The first-order chi connectivity index (χ1) is 13.2. The number of anilines is 1. The van der Waals surface area contributed by atoms with Crippen LogP contribution in [0, 0.1) is 0 Å². The molecule has 3 N–H and O–H groups in total. The molecule has 6 nitrogen and oxygen atoms in total. The van der Waals surface area contributed by atoms with Gasteiger partial charge in [-0.25, -0.2) is 4.98 Å². The molecule has 2 aromatic carbocycles. The third-order valence-corrected chi connectivity index (χ3v) is 5.29. The van der Waals surface area contributed by atoms with Crippen molar-refractivity contribution < 1.29 is 9.94 Å². The van der Waals surface area contributed by atoms with Crippen LogP contribution in [0.3, 0.4) is 0 Å². The van der Waals surface area contributed by atoms with Crippen LogP contribution in [-0.2, 0) is 6.42 Å². The van der Waals surface area contributed by atoms with Crippen LogP contribution in [0.5, 0.6) is 5.75 Å². The van der Waals surface area contributed by atoms with Crippen molar-refractivity contribution >= 4 is 23.4 Å². The van der Waals surface area contributed by atoms with Crippen molar-refractivity contribution in [1.29, 1.82) is 0 Å². The highest BCUT2D eigenvalue weighted by Crippen LogP contribution is 2.33. The number of rotatable bonds is 5. The lowest BCUT2D eigenvalue weighted by Crippen LogP contribution is -2.15. The first kappa shape index (κ1) is 17.4. The first-order valence-electron chi connectivity index (χ1n) is 9.42. The number of nitrogen functional groups attached to an aromatic ring is 1. The Hall–Kier alpha value is -3.02. The monoisotopic (exact) mass is 364 g/mol. The second-order valence-corrected chi connectivity index (χ2v) is 7.11. The summed E-state index contributed by atoms with van der Waals surface area (Å²) in [6, 6.07) is 14.6. The fourth-order valence-corrected chi connectivity index (χ4v) is 4.00. The Kier molecular flexibility index (Phi) is 4.96. The quantitative estimate of drug-likeness (QED) is 0.302. The molecule has 0 atom stereocenters. The van der Waals surface area contributed by atoms with Gasteiger partial charge in [-0.15, -0.1) is 0 Å². The largest absolute Gasteiger partial charge is 0.443 e. The van der Waals surface area contributed by atoms with E-state index < -0.39 is 0 Å². The van der Waals surface area contributed by atoms with Crippen LogP contribution >= 0.6 is 0 Å². The normalized spacial score (nSPS) is 15.6. The second-order valence-electron chi connectivity index (χ2n) is 7.11. The van der Waals surface area contributed by atoms with Gasteiger partial charge in [0.25, 0.3) is 0 Å². The van der Waals surface area contributed by atoms with Crippen molar-refractivity contribution in [2.45, 2.75) is 44.6 Å². The lowest BCUT2D eigenvalue weighted by atomic mass is 9.95. The summed E-state index contributed by atoms with van der Waals surface area (Å²) in [5.41, 5.74) is 10.8. The summed E-state index contributed by atoms with van der Waals surface area (Å²) in [6.07, 6.45) is 8.02. The van der Waals surface area contributed by atoms with Gasteiger partial charge < -0.3 is 20.2 Å². The highest BCUT2D eigenvalue weighted by atomic mass is 16.5. The molecule has 1 aliphatic carbocycles. The predicted molar refractivity (Wildman–Crippen MR) is 106 cm³/mol. The van der Waals surface area contributed by atoms with E-state index in [0.29, 0.717) is 17.7 Å². The second kappa shape index (κ2) is 7.70. The predicted octanol–water partition coefficient (Wildman–Crippen LogP) is 4.51. The Morgan fingerprint density at radius 3 is 2.59 bits per heavy atom. The number of hydrogen-bond acceptors (Lipinski definition) is 5. The summed E-state index contributed by atoms with van der Waals surface area (Å²) >= 11 is 0. The van der Waals surface area contributed by atoms with E-state index in [1.807, 2.05) is 24.3 Å². The third kappa shape index (κ3) is 3.74. The molecule has 3 aromatic rings. The molecule has 1 saturated carbocycles. The first-order valence-corrected chi connectivity index (χ1v) is 9.42. The van der Waals surface area contributed by atoms with Gasteiger partial charge in [0.15, 0.2) is 0 Å². The number of fused-ring (bicyclic) bond motifs is 1. The lowest BCUT2D eigenvalue weighted by Gasteiger charge is -2.24. The number of aromatic nitrogens is 2. The van der Waals surface area contributed by atoms with E-state index in [9.17, 15) is 0 Å². The zero-order valence-corrected chi connectivity index (χ0v) is 15.2. The van der Waals surface area contributed by atoms with Crippen molar-refractivity contribution in [1.82, 2.24) is 9.55 Å². The number of oxime groups is 1. The number of imidazole rings is 1. The maximum Gasteiger partial charge on any atom is 0.218 e. The molecule has 0 bridgehead atoms. The molecule has 0 saturated heterocycles. The van der Waals surface area contributed by atoms with Crippen molar-refractivity contribution in [2.75, 3.05) is 5.73 Å². The van der Waals surface area contributed by atoms with Gasteiger partial charge in [0.2, 0.25) is 12.3 Å². The molecule has 0 radical (unpaired) electrons. The van der Waals surface area contributed by atoms with Crippen LogP contribution in [0.25, 0.3) is 11.0 Å². The summed E-state index contributed by atoms with van der Waals surface area (Å²) < 4.78 is 7.38. The van der Waals surface area contributed by atoms with Crippen molar-refractivity contribution in [3.63, 3.8) is 0 Å². The standard InChI is InChI=1S/C21H24N4O2/c22-21-24-19-11-8-16(12-15-6-9-18(10-7-15)27-14-23-26)13-20(19)25(21)17-4-2-1-3-5-17/h6-11,13-14,17,26H,1-5,12H2,(H2,22,24). The molecule has 6 heteroatoms. The molecule has 0 amide bonds. The average molecular weight is 364 g/mol. The zero-order chi connectivity index (χ0) is 18.6. The minimum Gasteiger partial charge on any atom is -0.443 e. The topological polar surface area (TPSA) is 85.7 Å². The molecule has 1 aliphatic rings. The van der Waals surface area contributed by atoms with E-state index in [1.54, 1.807) is 0 Å². The number of hydrogen-bond donors (Lipinski definition) is 2. The summed E-state index contributed by atoms with van der Waals surface area (Å²) in [4.78, 5) is 4.57. The Morgan fingerprint density at radius 2 is 1.85 bits per heavy atom. The molecule has 0 aliphatic heterocycles. The molecule has 1 aromatic heterocycles. The highest BCUT2D eigenvalue weighted by molar-refractivity contribution is 5.79. The molecule has 27 heavy (non-hydrogen) atoms. The van der Waals surface area contributed by atoms with Gasteiger partial charge in [0, 0.05) is 6.04 Å². The Bertz CT molecular complexity index is 941. The lowest BCUT2D eigenvalue weighted by molar-refractivity contribution is 0.310. The van der Waals surface area contributed by atoms with Gasteiger partial charge in [0.05, 0.1) is 11.0 Å². The smallest absolute Gasteiger partial charge is 0.218 e. The van der Waals surface area contributed by atoms with E-state index in [2.05, 4.69) is 32.9 Å². The van der Waals surface area contributed by atoms with Crippen LogP contribution in [0.15, 0.2) is 47.6 Å². The van der Waals surface area contributed by atoms with E-state index in [-0.39, 0.29) is 0 Å². The molecular weight excluding hydrogens is 340 g/mol. The number of benzene rings is 2. The minimum absolute atomic E-state index is 0.462. The fourth-order valence-electron chi connectivity index (χ4n) is 4.00. The van der Waals surface area contributed by atoms with Crippen LogP contribution in [-0.4, -0.2) is 21.2 Å². The molecule has 1 heterocycles. The number of ether oxygens (including phenoxy) is 1. The minimum atomic E-state index is 0.462. The molecule has 1 fully saturated rings. The number of nitrogens with two attached hydrogens (primary N) is 1. The van der Waals surface area contributed by atoms with E-state index >= 15 is 0 Å². The van der Waals surface area contributed by atoms with Gasteiger partial charge in [-0.05, 0) is 54.7 Å².